The summed E-state index contributed by atoms with van der Waals surface area (Å²) in [4.78, 5) is 34.9. The Balaban J connectivity index is 2.50. The van der Waals surface area contributed by atoms with E-state index in [1.54, 1.807) is 32.0 Å². The van der Waals surface area contributed by atoms with Crippen LogP contribution in [0.25, 0.3) is 0 Å². The van der Waals surface area contributed by atoms with Crippen molar-refractivity contribution in [2.24, 2.45) is 11.7 Å². The van der Waals surface area contributed by atoms with Crippen molar-refractivity contribution in [1.29, 1.82) is 0 Å². The van der Waals surface area contributed by atoms with Crippen molar-refractivity contribution in [3.63, 3.8) is 0 Å². The maximum atomic E-state index is 12.1. The topological polar surface area (TPSA) is 123 Å². The molecule has 0 aliphatic heterocycles. The van der Waals surface area contributed by atoms with Crippen molar-refractivity contribution in [3.8, 4) is 5.75 Å². The van der Waals surface area contributed by atoms with E-state index in [0.717, 1.165) is 5.56 Å². The van der Waals surface area contributed by atoms with Crippen molar-refractivity contribution < 1.29 is 19.1 Å². The van der Waals surface area contributed by atoms with E-state index in [4.69, 9.17) is 22.1 Å². The zero-order valence-corrected chi connectivity index (χ0v) is 15.1. The highest BCUT2D eigenvalue weighted by Crippen LogP contribution is 2.21. The van der Waals surface area contributed by atoms with E-state index in [1.165, 1.54) is 0 Å². The minimum absolute atomic E-state index is 0.155. The number of carbonyl (C=O) groups is 3. The molecule has 0 aliphatic rings. The molecule has 8 nitrogen and oxygen atoms in total. The number of benzene rings is 1. The van der Waals surface area contributed by atoms with E-state index in [2.05, 4.69) is 16.2 Å². The molecule has 0 saturated heterocycles. The molecule has 0 fully saturated rings. The molecule has 0 heterocycles. The van der Waals surface area contributed by atoms with Gasteiger partial charge in [0.2, 0.25) is 0 Å². The van der Waals surface area contributed by atoms with Crippen molar-refractivity contribution in [3.05, 3.63) is 28.8 Å². The average molecular weight is 371 g/mol. The Labute approximate surface area is 151 Å². The first kappa shape index (κ1) is 20.6. The van der Waals surface area contributed by atoms with Gasteiger partial charge in [-0.1, -0.05) is 31.9 Å². The van der Waals surface area contributed by atoms with Crippen LogP contribution < -0.4 is 26.6 Å². The second-order valence-corrected chi connectivity index (χ2v) is 6.04. The molecule has 9 heteroatoms. The number of ether oxygens (including phenoxy) is 1. The molecule has 1 aromatic carbocycles. The van der Waals surface area contributed by atoms with E-state index in [1.807, 2.05) is 6.92 Å². The maximum Gasteiger partial charge on any atom is 0.312 e. The summed E-state index contributed by atoms with van der Waals surface area (Å²) in [7, 11) is 0. The van der Waals surface area contributed by atoms with Crippen molar-refractivity contribution in [2.45, 2.75) is 33.2 Å². The molecule has 0 radical (unpaired) electrons. The number of nitrogens with one attached hydrogen (secondary N) is 3. The van der Waals surface area contributed by atoms with Crippen LogP contribution in [0.1, 0.15) is 25.8 Å². The first-order chi connectivity index (χ1) is 11.7. The number of primary amides is 1. The summed E-state index contributed by atoms with van der Waals surface area (Å²) in [6.07, 6.45) is 0.644. The number of halogens is 1. The Morgan fingerprint density at radius 1 is 1.28 bits per heavy atom. The number of carbonyl (C=O) groups excluding carboxylic acids is 3. The van der Waals surface area contributed by atoms with Gasteiger partial charge < -0.3 is 15.8 Å². The van der Waals surface area contributed by atoms with Gasteiger partial charge in [0.25, 0.3) is 11.8 Å². The van der Waals surface area contributed by atoms with Gasteiger partial charge in [0.15, 0.2) is 6.61 Å². The summed E-state index contributed by atoms with van der Waals surface area (Å²) in [6, 6.07) is 3.35. The van der Waals surface area contributed by atoms with Crippen LogP contribution in [0.5, 0.6) is 5.75 Å². The van der Waals surface area contributed by atoms with Crippen molar-refractivity contribution in [1.82, 2.24) is 16.2 Å². The molecule has 25 heavy (non-hydrogen) atoms. The lowest BCUT2D eigenvalue weighted by molar-refractivity contribution is -0.131. The lowest BCUT2D eigenvalue weighted by Gasteiger charge is -2.22. The summed E-state index contributed by atoms with van der Waals surface area (Å²) in [5.74, 6) is -0.759. The Morgan fingerprint density at radius 2 is 1.96 bits per heavy atom. The van der Waals surface area contributed by atoms with E-state index in [0.29, 0.717) is 17.2 Å². The van der Waals surface area contributed by atoms with Crippen LogP contribution in [0.2, 0.25) is 5.02 Å². The number of hydrogen-bond acceptors (Lipinski definition) is 4. The van der Waals surface area contributed by atoms with Gasteiger partial charge in [0.05, 0.1) is 0 Å². The number of amides is 4. The minimum Gasteiger partial charge on any atom is -0.483 e. The number of urea groups is 1. The Morgan fingerprint density at radius 3 is 2.52 bits per heavy atom. The van der Waals surface area contributed by atoms with Gasteiger partial charge in [-0.3, -0.25) is 20.4 Å². The lowest BCUT2D eigenvalue weighted by Crippen LogP contribution is -2.56. The monoisotopic (exact) mass is 370 g/mol. The van der Waals surface area contributed by atoms with E-state index in [-0.39, 0.29) is 12.5 Å². The molecular formula is C16H23ClN4O4. The van der Waals surface area contributed by atoms with Crippen LogP contribution in [0.3, 0.4) is 0 Å². The number of hydrogen-bond donors (Lipinski definition) is 4. The molecule has 0 aliphatic carbocycles. The molecular weight excluding hydrogens is 348 g/mol. The molecule has 138 valence electrons. The fourth-order valence-corrected chi connectivity index (χ4v) is 2.25. The van der Waals surface area contributed by atoms with Gasteiger partial charge >= 0.3 is 6.03 Å². The van der Waals surface area contributed by atoms with Gasteiger partial charge in [-0.2, -0.15) is 0 Å². The van der Waals surface area contributed by atoms with Crippen molar-refractivity contribution in [2.75, 3.05) is 6.61 Å². The highest BCUT2D eigenvalue weighted by Gasteiger charge is 2.25. The summed E-state index contributed by atoms with van der Waals surface area (Å²) >= 11 is 5.85. The zero-order chi connectivity index (χ0) is 19.0. The number of aryl methyl sites for hydroxylation is 1. The van der Waals surface area contributed by atoms with E-state index in [9.17, 15) is 14.4 Å². The number of rotatable bonds is 7. The third-order valence-electron chi connectivity index (χ3n) is 3.61. The van der Waals surface area contributed by atoms with Crippen molar-refractivity contribution >= 4 is 29.4 Å². The predicted octanol–water partition coefficient (Wildman–Crippen LogP) is 1.26. The smallest absolute Gasteiger partial charge is 0.312 e. The third kappa shape index (κ3) is 6.88. The molecule has 0 bridgehead atoms. The minimum atomic E-state index is -0.845. The molecule has 1 rings (SSSR count). The predicted molar refractivity (Wildman–Crippen MR) is 93.9 cm³/mol. The molecule has 1 aromatic rings. The van der Waals surface area contributed by atoms with Crippen LogP contribution in [0.4, 0.5) is 4.79 Å². The van der Waals surface area contributed by atoms with Crippen LogP contribution in [0.15, 0.2) is 18.2 Å². The Hall–Kier alpha value is -2.48. The third-order valence-corrected chi connectivity index (χ3v) is 3.85. The molecule has 2 atom stereocenters. The summed E-state index contributed by atoms with van der Waals surface area (Å²) in [5, 5.41) is 2.93. The lowest BCUT2D eigenvalue weighted by atomic mass is 9.99. The molecule has 0 aromatic heterocycles. The van der Waals surface area contributed by atoms with Gasteiger partial charge in [0, 0.05) is 5.02 Å². The summed E-state index contributed by atoms with van der Waals surface area (Å²) < 4.78 is 5.37. The number of nitrogens with two attached hydrogens (primary N) is 1. The fraction of sp³-hybridized carbons (Fsp3) is 0.438. The summed E-state index contributed by atoms with van der Waals surface area (Å²) in [6.45, 7) is 5.16. The molecule has 0 unspecified atom stereocenters. The van der Waals surface area contributed by atoms with Crippen LogP contribution in [0, 0.1) is 12.8 Å². The second-order valence-electron chi connectivity index (χ2n) is 5.61. The summed E-state index contributed by atoms with van der Waals surface area (Å²) in [5.41, 5.74) is 10.3. The highest BCUT2D eigenvalue weighted by molar-refractivity contribution is 6.30. The normalized spacial score (nSPS) is 12.6. The Kier molecular flexibility index (Phi) is 8.00. The number of hydrazine groups is 1. The Bertz CT molecular complexity index is 639. The van der Waals surface area contributed by atoms with Crippen LogP contribution >= 0.6 is 11.6 Å². The molecule has 5 N–H and O–H groups in total. The van der Waals surface area contributed by atoms with Gasteiger partial charge in [-0.25, -0.2) is 4.79 Å². The molecule has 0 saturated carbocycles. The van der Waals surface area contributed by atoms with Crippen LogP contribution in [-0.2, 0) is 9.59 Å². The van der Waals surface area contributed by atoms with Gasteiger partial charge in [-0.05, 0) is 36.6 Å². The van der Waals surface area contributed by atoms with Gasteiger partial charge in [0.1, 0.15) is 11.8 Å². The first-order valence-corrected chi connectivity index (χ1v) is 8.16. The molecule has 0 spiro atoms. The first-order valence-electron chi connectivity index (χ1n) is 7.78. The largest absolute Gasteiger partial charge is 0.483 e. The van der Waals surface area contributed by atoms with E-state index >= 15 is 0 Å². The fourth-order valence-electron chi connectivity index (χ4n) is 2.02. The second kappa shape index (κ2) is 9.73. The maximum absolute atomic E-state index is 12.1. The van der Waals surface area contributed by atoms with E-state index < -0.39 is 23.9 Å². The van der Waals surface area contributed by atoms with Gasteiger partial charge in [-0.15, -0.1) is 0 Å². The zero-order valence-electron chi connectivity index (χ0n) is 14.4. The van der Waals surface area contributed by atoms with Crippen LogP contribution in [-0.4, -0.2) is 30.5 Å². The quantitative estimate of drug-likeness (QED) is 0.539. The highest BCUT2D eigenvalue weighted by atomic mass is 35.5. The average Bonchev–Trinajstić information content (AvgIpc) is 2.55. The molecule has 4 amide bonds. The standard InChI is InChI=1S/C16H23ClN4O4/c1-4-9(2)14(19-16(18)24)15(23)21-20-13(22)8-25-12-6-5-11(17)7-10(12)3/h5-7,9,14H,4,8H2,1-3H3,(H,20,22)(H,21,23)(H3,18,19,24)/t9-,14-/m0/s1. The SMILES string of the molecule is CC[C@H](C)[C@H](NC(N)=O)C(=O)NNC(=O)COc1ccc(Cl)cc1C.